The molecule has 168 valence electrons. The molecule has 2 aliphatic rings. The van der Waals surface area contributed by atoms with Crippen LogP contribution in [-0.4, -0.2) is 87.7 Å². The molecule has 30 heavy (non-hydrogen) atoms. The summed E-state index contributed by atoms with van der Waals surface area (Å²) in [6.07, 6.45) is -4.91. The fourth-order valence-corrected chi connectivity index (χ4v) is 4.41. The third-order valence-corrected chi connectivity index (χ3v) is 6.02. The van der Waals surface area contributed by atoms with Crippen LogP contribution in [-0.2, 0) is 15.1 Å². The summed E-state index contributed by atoms with van der Waals surface area (Å²) in [5.41, 5.74) is -0.361. The number of rotatable bonds is 6. The zero-order valence-electron chi connectivity index (χ0n) is 17.2. The predicted molar refractivity (Wildman–Crippen MR) is 106 cm³/mol. The van der Waals surface area contributed by atoms with Crippen LogP contribution in [0.25, 0.3) is 0 Å². The molecule has 0 amide bonds. The lowest BCUT2D eigenvalue weighted by molar-refractivity contribution is -0.271. The van der Waals surface area contributed by atoms with Crippen molar-refractivity contribution in [3.8, 4) is 5.75 Å². The topological polar surface area (TPSA) is 140 Å². The second kappa shape index (κ2) is 9.17. The van der Waals surface area contributed by atoms with Gasteiger partial charge in [-0.1, -0.05) is 25.0 Å². The van der Waals surface area contributed by atoms with Gasteiger partial charge in [0.25, 0.3) is 0 Å². The van der Waals surface area contributed by atoms with Crippen LogP contribution >= 0.6 is 0 Å². The van der Waals surface area contributed by atoms with Gasteiger partial charge >= 0.3 is 5.97 Å². The molecular weight excluding hydrogens is 394 g/mol. The van der Waals surface area contributed by atoms with Crippen molar-refractivity contribution in [1.82, 2.24) is 4.90 Å². The normalized spacial score (nSPS) is 37.2. The molecule has 1 aliphatic heterocycles. The lowest BCUT2D eigenvalue weighted by Crippen LogP contribution is -2.61. The van der Waals surface area contributed by atoms with Gasteiger partial charge in [0.1, 0.15) is 24.1 Å². The van der Waals surface area contributed by atoms with Crippen LogP contribution in [0.5, 0.6) is 5.75 Å². The number of carbonyl (C=O) groups is 1. The summed E-state index contributed by atoms with van der Waals surface area (Å²) in [6.45, 7) is 0.733. The van der Waals surface area contributed by atoms with Crippen molar-refractivity contribution in [3.05, 3.63) is 29.8 Å². The first kappa shape index (κ1) is 22.9. The SMILES string of the molecule is CN(C)CC1CCCCC1(O)c1cccc(O[C@@H]2OC(C(=O)O)[C@@H](O)C(O)C2O)c1. The molecule has 0 radical (unpaired) electrons. The van der Waals surface area contributed by atoms with Crippen LogP contribution in [0, 0.1) is 5.92 Å². The first-order valence-corrected chi connectivity index (χ1v) is 10.2. The van der Waals surface area contributed by atoms with Crippen molar-refractivity contribution in [2.24, 2.45) is 5.92 Å². The quantitative estimate of drug-likeness (QED) is 0.422. The molecular formula is C21H31NO8. The lowest BCUT2D eigenvalue weighted by Gasteiger charge is -2.42. The highest BCUT2D eigenvalue weighted by Gasteiger charge is 2.48. The summed E-state index contributed by atoms with van der Waals surface area (Å²) in [4.78, 5) is 13.3. The number of aliphatic carboxylic acids is 1. The predicted octanol–water partition coefficient (Wildman–Crippen LogP) is -0.103. The minimum Gasteiger partial charge on any atom is -0.479 e. The lowest BCUT2D eigenvalue weighted by atomic mass is 9.71. The summed E-state index contributed by atoms with van der Waals surface area (Å²) in [5.74, 6) is -1.17. The highest BCUT2D eigenvalue weighted by Crippen LogP contribution is 2.43. The zero-order chi connectivity index (χ0) is 22.1. The number of carboxylic acids is 1. The van der Waals surface area contributed by atoms with Crippen LogP contribution in [0.4, 0.5) is 0 Å². The maximum Gasteiger partial charge on any atom is 0.335 e. The summed E-state index contributed by atoms with van der Waals surface area (Å²) in [5, 5.41) is 50.6. The minimum absolute atomic E-state index is 0.0429. The van der Waals surface area contributed by atoms with Gasteiger partial charge in [0.15, 0.2) is 6.10 Å². The number of benzene rings is 1. The number of carboxylic acid groups (broad SMARTS) is 1. The molecule has 9 heteroatoms. The Balaban J connectivity index is 1.82. The van der Waals surface area contributed by atoms with Crippen molar-refractivity contribution in [2.45, 2.75) is 62.0 Å². The first-order chi connectivity index (χ1) is 14.1. The van der Waals surface area contributed by atoms with Crippen LogP contribution in [0.1, 0.15) is 31.2 Å². The molecule has 1 saturated carbocycles. The molecule has 0 bridgehead atoms. The van der Waals surface area contributed by atoms with E-state index in [1.807, 2.05) is 25.1 Å². The Morgan fingerprint density at radius 2 is 1.93 bits per heavy atom. The van der Waals surface area contributed by atoms with E-state index in [4.69, 9.17) is 9.47 Å². The number of ether oxygens (including phenoxy) is 2. The number of nitrogens with zero attached hydrogens (tertiary/aromatic N) is 1. The van der Waals surface area contributed by atoms with Crippen molar-refractivity contribution in [2.75, 3.05) is 20.6 Å². The first-order valence-electron chi connectivity index (χ1n) is 10.2. The van der Waals surface area contributed by atoms with Crippen molar-refractivity contribution in [1.29, 1.82) is 0 Å². The van der Waals surface area contributed by atoms with Crippen molar-refractivity contribution < 1.29 is 39.8 Å². The molecule has 0 spiro atoms. The number of hydrogen-bond acceptors (Lipinski definition) is 8. The summed E-state index contributed by atoms with van der Waals surface area (Å²) < 4.78 is 10.8. The highest BCUT2D eigenvalue weighted by atomic mass is 16.7. The van der Waals surface area contributed by atoms with Gasteiger partial charge < -0.3 is 39.9 Å². The largest absolute Gasteiger partial charge is 0.479 e. The van der Waals surface area contributed by atoms with Gasteiger partial charge in [-0.2, -0.15) is 0 Å². The van der Waals surface area contributed by atoms with Gasteiger partial charge in [-0.25, -0.2) is 4.79 Å². The Kier molecular flexibility index (Phi) is 7.01. The van der Waals surface area contributed by atoms with E-state index in [-0.39, 0.29) is 11.7 Å². The molecule has 5 N–H and O–H groups in total. The third-order valence-electron chi connectivity index (χ3n) is 6.02. The number of aliphatic hydroxyl groups is 4. The molecule has 1 aliphatic carbocycles. The maximum absolute atomic E-state index is 11.5. The summed E-state index contributed by atoms with van der Waals surface area (Å²) in [6, 6.07) is 6.77. The third kappa shape index (κ3) is 4.61. The molecule has 1 aromatic carbocycles. The van der Waals surface area contributed by atoms with E-state index in [0.717, 1.165) is 25.8 Å². The fourth-order valence-electron chi connectivity index (χ4n) is 4.41. The van der Waals surface area contributed by atoms with E-state index in [1.165, 1.54) is 0 Å². The van der Waals surface area contributed by atoms with Gasteiger partial charge in [0, 0.05) is 12.5 Å². The van der Waals surface area contributed by atoms with E-state index >= 15 is 0 Å². The van der Waals surface area contributed by atoms with Gasteiger partial charge in [0.05, 0.1) is 5.60 Å². The van der Waals surface area contributed by atoms with E-state index < -0.39 is 42.3 Å². The standard InChI is InChI=1S/C21H31NO8/c1-22(2)11-13-6-3-4-9-21(13,28)12-7-5-8-14(10-12)29-20-17(25)15(23)16(24)18(30-20)19(26)27/h5,7-8,10,13,15-18,20,23-25,28H,3-4,6,9,11H2,1-2H3,(H,26,27)/t13?,15?,16-,17?,18?,20+,21?/m0/s1. The highest BCUT2D eigenvalue weighted by molar-refractivity contribution is 5.73. The monoisotopic (exact) mass is 425 g/mol. The van der Waals surface area contributed by atoms with Gasteiger partial charge in [-0.15, -0.1) is 0 Å². The Bertz CT molecular complexity index is 743. The maximum atomic E-state index is 11.5. The van der Waals surface area contributed by atoms with Gasteiger partial charge in [0.2, 0.25) is 6.29 Å². The van der Waals surface area contributed by atoms with E-state index in [2.05, 4.69) is 0 Å². The van der Waals surface area contributed by atoms with Gasteiger partial charge in [-0.3, -0.25) is 0 Å². The van der Waals surface area contributed by atoms with Crippen molar-refractivity contribution >= 4 is 5.97 Å². The van der Waals surface area contributed by atoms with Crippen LogP contribution < -0.4 is 4.74 Å². The Morgan fingerprint density at radius 3 is 2.60 bits per heavy atom. The number of aliphatic hydroxyl groups excluding tert-OH is 3. The Hall–Kier alpha value is -1.75. The second-order valence-electron chi connectivity index (χ2n) is 8.51. The second-order valence-corrected chi connectivity index (χ2v) is 8.51. The molecule has 5 unspecified atom stereocenters. The molecule has 3 rings (SSSR count). The molecule has 2 fully saturated rings. The van der Waals surface area contributed by atoms with Gasteiger partial charge in [-0.05, 0) is 44.6 Å². The molecule has 1 saturated heterocycles. The fraction of sp³-hybridized carbons (Fsp3) is 0.667. The molecule has 1 aromatic rings. The van der Waals surface area contributed by atoms with E-state index in [1.54, 1.807) is 18.2 Å². The molecule has 9 nitrogen and oxygen atoms in total. The summed E-state index contributed by atoms with van der Waals surface area (Å²) >= 11 is 0. The molecule has 7 atom stereocenters. The van der Waals surface area contributed by atoms with Crippen LogP contribution in [0.3, 0.4) is 0 Å². The molecule has 1 heterocycles. The summed E-state index contributed by atoms with van der Waals surface area (Å²) in [7, 11) is 3.93. The smallest absolute Gasteiger partial charge is 0.335 e. The minimum atomic E-state index is -1.78. The zero-order valence-corrected chi connectivity index (χ0v) is 17.2. The number of hydrogen-bond donors (Lipinski definition) is 5. The van der Waals surface area contributed by atoms with Crippen LogP contribution in [0.15, 0.2) is 24.3 Å². The van der Waals surface area contributed by atoms with Crippen LogP contribution in [0.2, 0.25) is 0 Å². The average molecular weight is 425 g/mol. The average Bonchev–Trinajstić information content (AvgIpc) is 2.70. The molecule has 0 aromatic heterocycles. The Labute approximate surface area is 175 Å². The van der Waals surface area contributed by atoms with E-state index in [9.17, 15) is 30.3 Å². The van der Waals surface area contributed by atoms with Crippen molar-refractivity contribution in [3.63, 3.8) is 0 Å². The van der Waals surface area contributed by atoms with E-state index in [0.29, 0.717) is 12.0 Å². The Morgan fingerprint density at radius 1 is 1.20 bits per heavy atom.